The number of nitrogens with zero attached hydrogens (tertiary/aromatic N) is 2. The molecule has 6 nitrogen and oxygen atoms in total. The summed E-state index contributed by atoms with van der Waals surface area (Å²) in [4.78, 5) is 21.0. The minimum absolute atomic E-state index is 0.224. The van der Waals surface area contributed by atoms with Gasteiger partial charge >= 0.3 is 0 Å². The molecule has 0 aliphatic carbocycles. The van der Waals surface area contributed by atoms with E-state index in [9.17, 15) is 4.79 Å². The molecule has 0 saturated carbocycles. The third-order valence-electron chi connectivity index (χ3n) is 4.69. The maximum Gasteiger partial charge on any atom is 0.262 e. The molecule has 0 atom stereocenters. The minimum atomic E-state index is -0.387. The van der Waals surface area contributed by atoms with E-state index in [-0.39, 0.29) is 28.3 Å². The van der Waals surface area contributed by atoms with Gasteiger partial charge in [0.25, 0.3) is 5.91 Å². The van der Waals surface area contributed by atoms with Crippen molar-refractivity contribution < 1.29 is 13.9 Å². The average molecular weight is 556 g/mol. The van der Waals surface area contributed by atoms with E-state index < -0.39 is 0 Å². The number of benzene rings is 2. The van der Waals surface area contributed by atoms with Crippen LogP contribution in [-0.2, 0) is 4.79 Å². The van der Waals surface area contributed by atoms with Gasteiger partial charge in [-0.15, -0.1) is 0 Å². The molecular weight excluding hydrogens is 541 g/mol. The summed E-state index contributed by atoms with van der Waals surface area (Å²) in [5, 5.41) is 3.78. The van der Waals surface area contributed by atoms with Crippen LogP contribution in [0.1, 0.15) is 11.1 Å². The van der Waals surface area contributed by atoms with Gasteiger partial charge in [-0.2, -0.15) is 0 Å². The zero-order chi connectivity index (χ0) is 23.0. The largest absolute Gasteiger partial charge is 0.481 e. The van der Waals surface area contributed by atoms with Gasteiger partial charge in [-0.25, -0.2) is 4.98 Å². The number of amides is 1. The molecule has 32 heavy (non-hydrogen) atoms. The zero-order valence-corrected chi connectivity index (χ0v) is 20.7. The number of aromatic nitrogens is 2. The smallest absolute Gasteiger partial charge is 0.262 e. The molecule has 0 fully saturated rings. The number of rotatable bonds is 5. The molecular formula is C22H15BrCl3N3O3. The first kappa shape index (κ1) is 22.9. The summed E-state index contributed by atoms with van der Waals surface area (Å²) in [5.41, 5.74) is 3.72. The number of carbonyl (C=O) groups is 1. The third kappa shape index (κ3) is 4.57. The number of oxazole rings is 1. The monoisotopic (exact) mass is 553 g/mol. The van der Waals surface area contributed by atoms with Gasteiger partial charge in [0, 0.05) is 27.6 Å². The molecule has 0 saturated heterocycles. The van der Waals surface area contributed by atoms with Crippen LogP contribution in [0.15, 0.2) is 45.5 Å². The first-order valence-electron chi connectivity index (χ1n) is 9.32. The summed E-state index contributed by atoms with van der Waals surface area (Å²) in [6.45, 7) is 3.23. The molecule has 4 aromatic rings. The van der Waals surface area contributed by atoms with Crippen LogP contribution < -0.4 is 10.1 Å². The summed E-state index contributed by atoms with van der Waals surface area (Å²) in [5.74, 6) is 0.266. The summed E-state index contributed by atoms with van der Waals surface area (Å²) in [6.07, 6.45) is 3.33. The van der Waals surface area contributed by atoms with Crippen molar-refractivity contribution in [2.24, 2.45) is 0 Å². The molecule has 0 aliphatic heterocycles. The average Bonchev–Trinajstić information content (AvgIpc) is 3.20. The highest BCUT2D eigenvalue weighted by molar-refractivity contribution is 9.10. The van der Waals surface area contributed by atoms with Crippen molar-refractivity contribution in [3.05, 3.63) is 67.3 Å². The topological polar surface area (TPSA) is 77.2 Å². The van der Waals surface area contributed by atoms with Gasteiger partial charge in [-0.3, -0.25) is 9.78 Å². The molecule has 0 radical (unpaired) electrons. The highest BCUT2D eigenvalue weighted by Crippen LogP contribution is 2.42. The number of fused-ring (bicyclic) bond motifs is 1. The fraction of sp³-hybridized carbons (Fsp3) is 0.136. The Labute approximate surface area is 207 Å². The summed E-state index contributed by atoms with van der Waals surface area (Å²) < 4.78 is 12.2. The maximum absolute atomic E-state index is 12.4. The summed E-state index contributed by atoms with van der Waals surface area (Å²) >= 11 is 22.2. The molecule has 0 aliphatic rings. The molecule has 0 bridgehead atoms. The molecule has 10 heteroatoms. The van der Waals surface area contributed by atoms with E-state index in [1.54, 1.807) is 44.4 Å². The molecule has 2 heterocycles. The van der Waals surface area contributed by atoms with E-state index in [4.69, 9.17) is 44.0 Å². The molecule has 4 rings (SSSR count). The Morgan fingerprint density at radius 1 is 1.09 bits per heavy atom. The standard InChI is InChI=1S/C22H15BrCl3N3O3/c1-10-18(24)11(2)20(26)21(19(10)25)31-9-17(30)28-14-3-4-16-15(6-14)29-22(32-16)12-5-13(23)8-27-7-12/h3-8H,9H2,1-2H3,(H,28,30). The molecule has 2 aromatic carbocycles. The first-order chi connectivity index (χ1) is 15.2. The second-order valence-corrected chi connectivity index (χ2v) is 9.00. The third-order valence-corrected chi connectivity index (χ3v) is 6.60. The Balaban J connectivity index is 1.49. The minimum Gasteiger partial charge on any atom is -0.481 e. The van der Waals surface area contributed by atoms with Crippen LogP contribution in [-0.4, -0.2) is 22.5 Å². The van der Waals surface area contributed by atoms with Gasteiger partial charge in [0.2, 0.25) is 5.89 Å². The van der Waals surface area contributed by atoms with Gasteiger partial charge in [0.1, 0.15) is 5.52 Å². The van der Waals surface area contributed by atoms with Crippen molar-refractivity contribution in [1.82, 2.24) is 9.97 Å². The Kier molecular flexibility index (Phi) is 6.62. The molecule has 0 spiro atoms. The highest BCUT2D eigenvalue weighted by Gasteiger charge is 2.19. The van der Waals surface area contributed by atoms with Crippen molar-refractivity contribution in [2.45, 2.75) is 13.8 Å². The van der Waals surface area contributed by atoms with Gasteiger partial charge < -0.3 is 14.5 Å². The van der Waals surface area contributed by atoms with Crippen LogP contribution in [0.2, 0.25) is 15.1 Å². The number of halogens is 4. The van der Waals surface area contributed by atoms with Gasteiger partial charge in [0.15, 0.2) is 17.9 Å². The van der Waals surface area contributed by atoms with Crippen molar-refractivity contribution in [3.63, 3.8) is 0 Å². The van der Waals surface area contributed by atoms with E-state index in [2.05, 4.69) is 31.2 Å². The SMILES string of the molecule is Cc1c(Cl)c(C)c(Cl)c(OCC(=O)Nc2ccc3oc(-c4cncc(Br)c4)nc3c2)c1Cl. The predicted molar refractivity (Wildman–Crippen MR) is 130 cm³/mol. The van der Waals surface area contributed by atoms with E-state index in [0.717, 1.165) is 10.0 Å². The number of hydrogen-bond donors (Lipinski definition) is 1. The number of anilines is 1. The van der Waals surface area contributed by atoms with Crippen molar-refractivity contribution in [1.29, 1.82) is 0 Å². The quantitative estimate of drug-likeness (QED) is 0.281. The maximum atomic E-state index is 12.4. The number of pyridine rings is 1. The van der Waals surface area contributed by atoms with Crippen molar-refractivity contribution in [2.75, 3.05) is 11.9 Å². The summed E-state index contributed by atoms with van der Waals surface area (Å²) in [6, 6.07) is 7.01. The number of nitrogens with one attached hydrogen (secondary N) is 1. The van der Waals surface area contributed by atoms with Crippen LogP contribution in [0.25, 0.3) is 22.6 Å². The van der Waals surface area contributed by atoms with Crippen LogP contribution in [0.5, 0.6) is 5.75 Å². The van der Waals surface area contributed by atoms with Gasteiger partial charge in [0.05, 0.1) is 15.6 Å². The van der Waals surface area contributed by atoms with E-state index in [0.29, 0.717) is 38.8 Å². The fourth-order valence-corrected chi connectivity index (χ4v) is 4.22. The van der Waals surface area contributed by atoms with Crippen LogP contribution in [0, 0.1) is 13.8 Å². The molecule has 1 N–H and O–H groups in total. The predicted octanol–water partition coefficient (Wildman–Crippen LogP) is 7.25. The normalized spacial score (nSPS) is 11.1. The zero-order valence-electron chi connectivity index (χ0n) is 16.8. The lowest BCUT2D eigenvalue weighted by molar-refractivity contribution is -0.118. The highest BCUT2D eigenvalue weighted by atomic mass is 79.9. The summed E-state index contributed by atoms with van der Waals surface area (Å²) in [7, 11) is 0. The Hall–Kier alpha value is -2.32. The Bertz CT molecular complexity index is 1330. The number of carbonyl (C=O) groups excluding carboxylic acids is 1. The number of ether oxygens (including phenoxy) is 1. The van der Waals surface area contributed by atoms with E-state index in [1.165, 1.54) is 0 Å². The van der Waals surface area contributed by atoms with E-state index in [1.807, 2.05) is 6.07 Å². The Morgan fingerprint density at radius 3 is 2.50 bits per heavy atom. The van der Waals surface area contributed by atoms with Gasteiger partial charge in [-0.1, -0.05) is 34.8 Å². The second-order valence-electron chi connectivity index (χ2n) is 6.95. The second kappa shape index (κ2) is 9.27. The van der Waals surface area contributed by atoms with E-state index >= 15 is 0 Å². The molecule has 0 unspecified atom stereocenters. The van der Waals surface area contributed by atoms with Crippen molar-refractivity contribution >= 4 is 73.4 Å². The molecule has 164 valence electrons. The van der Waals surface area contributed by atoms with Crippen LogP contribution in [0.4, 0.5) is 5.69 Å². The number of hydrogen-bond acceptors (Lipinski definition) is 5. The van der Waals surface area contributed by atoms with Crippen LogP contribution >= 0.6 is 50.7 Å². The van der Waals surface area contributed by atoms with Gasteiger partial charge in [-0.05, 0) is 65.2 Å². The lowest BCUT2D eigenvalue weighted by Gasteiger charge is -2.15. The van der Waals surface area contributed by atoms with Crippen molar-refractivity contribution in [3.8, 4) is 17.2 Å². The molecule has 2 aromatic heterocycles. The molecule has 1 amide bonds. The first-order valence-corrected chi connectivity index (χ1v) is 11.2. The fourth-order valence-electron chi connectivity index (χ4n) is 3.03. The lowest BCUT2D eigenvalue weighted by atomic mass is 10.1. The van der Waals surface area contributed by atoms with Crippen LogP contribution in [0.3, 0.4) is 0 Å². The Morgan fingerprint density at radius 2 is 1.81 bits per heavy atom. The lowest BCUT2D eigenvalue weighted by Crippen LogP contribution is -2.20.